The lowest BCUT2D eigenvalue weighted by molar-refractivity contribution is -0.140. The van der Waals surface area contributed by atoms with Gasteiger partial charge in [0, 0.05) is 6.42 Å². The predicted molar refractivity (Wildman–Crippen MR) is 43.1 cm³/mol. The van der Waals surface area contributed by atoms with E-state index in [-0.39, 0.29) is 5.97 Å². The Morgan fingerprint density at radius 1 is 1.64 bits per heavy atom. The molecule has 0 spiro atoms. The van der Waals surface area contributed by atoms with Crippen molar-refractivity contribution in [1.82, 2.24) is 0 Å². The van der Waals surface area contributed by atoms with Crippen molar-refractivity contribution in [2.75, 3.05) is 7.11 Å². The third-order valence-corrected chi connectivity index (χ3v) is 1.77. The van der Waals surface area contributed by atoms with Crippen molar-refractivity contribution < 1.29 is 9.53 Å². The number of hydrogen-bond acceptors (Lipinski definition) is 2. The number of allylic oxidation sites excluding steroid dienone is 2. The number of ether oxygens (including phenoxy) is 1. The van der Waals surface area contributed by atoms with Crippen LogP contribution in [0.15, 0.2) is 12.2 Å². The van der Waals surface area contributed by atoms with Gasteiger partial charge in [0.1, 0.15) is 0 Å². The zero-order chi connectivity index (χ0) is 8.10. The number of methoxy groups -OCH3 is 1. The summed E-state index contributed by atoms with van der Waals surface area (Å²) in [6, 6.07) is 0. The summed E-state index contributed by atoms with van der Waals surface area (Å²) in [7, 11) is 1.42. The Balaban J connectivity index is 1.98. The molecule has 1 rings (SSSR count). The highest BCUT2D eigenvalue weighted by Gasteiger charge is 2.16. The maximum absolute atomic E-state index is 10.6. The maximum atomic E-state index is 10.6. The van der Waals surface area contributed by atoms with Gasteiger partial charge in [-0.1, -0.05) is 12.2 Å². The molecule has 0 N–H and O–H groups in total. The Labute approximate surface area is 67.2 Å². The van der Waals surface area contributed by atoms with Crippen molar-refractivity contribution in [1.29, 1.82) is 0 Å². The predicted octanol–water partition coefficient (Wildman–Crippen LogP) is 1.91. The van der Waals surface area contributed by atoms with E-state index in [1.807, 2.05) is 0 Å². The Bertz CT molecular complexity index is 157. The summed E-state index contributed by atoms with van der Waals surface area (Å²) in [4.78, 5) is 10.6. The Kier molecular flexibility index (Phi) is 3.14. The van der Waals surface area contributed by atoms with Crippen LogP contribution in [0.25, 0.3) is 0 Å². The summed E-state index contributed by atoms with van der Waals surface area (Å²) in [5, 5.41) is 0. The molecule has 0 saturated heterocycles. The van der Waals surface area contributed by atoms with Crippen LogP contribution in [0.2, 0.25) is 0 Å². The monoisotopic (exact) mass is 154 g/mol. The second-order valence-electron chi connectivity index (χ2n) is 2.88. The average Bonchev–Trinajstić information content (AvgIpc) is 2.81. The summed E-state index contributed by atoms with van der Waals surface area (Å²) >= 11 is 0. The van der Waals surface area contributed by atoms with E-state index in [4.69, 9.17) is 0 Å². The standard InChI is InChI=1S/C9H14O2/c1-11-9(10)5-3-2-4-8-6-7-8/h2,4,8H,3,5-7H2,1H3. The van der Waals surface area contributed by atoms with Gasteiger partial charge >= 0.3 is 5.97 Å². The minimum absolute atomic E-state index is 0.120. The van der Waals surface area contributed by atoms with E-state index in [1.54, 1.807) is 0 Å². The number of carbonyl (C=O) groups excluding carboxylic acids is 1. The van der Waals surface area contributed by atoms with Crippen molar-refractivity contribution in [2.45, 2.75) is 25.7 Å². The van der Waals surface area contributed by atoms with E-state index < -0.39 is 0 Å². The van der Waals surface area contributed by atoms with Crippen LogP contribution >= 0.6 is 0 Å². The van der Waals surface area contributed by atoms with Crippen molar-refractivity contribution in [3.63, 3.8) is 0 Å². The number of rotatable bonds is 4. The van der Waals surface area contributed by atoms with Crippen molar-refractivity contribution in [3.8, 4) is 0 Å². The van der Waals surface area contributed by atoms with E-state index in [0.717, 1.165) is 12.3 Å². The van der Waals surface area contributed by atoms with Gasteiger partial charge in [-0.25, -0.2) is 0 Å². The quantitative estimate of drug-likeness (QED) is 0.456. The van der Waals surface area contributed by atoms with E-state index >= 15 is 0 Å². The first kappa shape index (κ1) is 8.31. The van der Waals surface area contributed by atoms with Crippen LogP contribution in [0.1, 0.15) is 25.7 Å². The molecule has 0 aromatic heterocycles. The molecule has 2 nitrogen and oxygen atoms in total. The second-order valence-corrected chi connectivity index (χ2v) is 2.88. The molecule has 0 aromatic rings. The Hall–Kier alpha value is -0.790. The van der Waals surface area contributed by atoms with E-state index in [1.165, 1.54) is 20.0 Å². The van der Waals surface area contributed by atoms with Crippen LogP contribution in [-0.2, 0) is 9.53 Å². The molecular formula is C9H14O2. The lowest BCUT2D eigenvalue weighted by atomic mass is 10.2. The van der Waals surface area contributed by atoms with Crippen LogP contribution in [0.5, 0.6) is 0 Å². The zero-order valence-electron chi connectivity index (χ0n) is 6.88. The molecule has 0 radical (unpaired) electrons. The van der Waals surface area contributed by atoms with Gasteiger partial charge in [0.2, 0.25) is 0 Å². The first-order valence-corrected chi connectivity index (χ1v) is 4.06. The fourth-order valence-corrected chi connectivity index (χ4v) is 0.881. The SMILES string of the molecule is COC(=O)CCC=CC1CC1. The third kappa shape index (κ3) is 3.81. The molecule has 2 heteroatoms. The molecule has 0 amide bonds. The normalized spacial score (nSPS) is 17.2. The van der Waals surface area contributed by atoms with E-state index in [9.17, 15) is 4.79 Å². The molecule has 0 bridgehead atoms. The van der Waals surface area contributed by atoms with Crippen molar-refractivity contribution in [2.24, 2.45) is 5.92 Å². The molecule has 0 aromatic carbocycles. The Morgan fingerprint density at radius 3 is 2.91 bits per heavy atom. The Morgan fingerprint density at radius 2 is 2.36 bits per heavy atom. The minimum Gasteiger partial charge on any atom is -0.469 e. The van der Waals surface area contributed by atoms with Gasteiger partial charge in [-0.15, -0.1) is 0 Å². The highest BCUT2D eigenvalue weighted by molar-refractivity contribution is 5.69. The molecule has 1 fully saturated rings. The van der Waals surface area contributed by atoms with Gasteiger partial charge in [0.25, 0.3) is 0 Å². The fourth-order valence-electron chi connectivity index (χ4n) is 0.881. The number of esters is 1. The van der Waals surface area contributed by atoms with Crippen molar-refractivity contribution in [3.05, 3.63) is 12.2 Å². The highest BCUT2D eigenvalue weighted by atomic mass is 16.5. The summed E-state index contributed by atoms with van der Waals surface area (Å²) in [6.07, 6.45) is 8.27. The van der Waals surface area contributed by atoms with Gasteiger partial charge in [0.15, 0.2) is 0 Å². The van der Waals surface area contributed by atoms with Crippen LogP contribution < -0.4 is 0 Å². The van der Waals surface area contributed by atoms with E-state index in [2.05, 4.69) is 16.9 Å². The summed E-state index contributed by atoms with van der Waals surface area (Å²) in [5.74, 6) is 0.693. The van der Waals surface area contributed by atoms with Crippen LogP contribution in [0.4, 0.5) is 0 Å². The van der Waals surface area contributed by atoms with Gasteiger partial charge in [0.05, 0.1) is 7.11 Å². The van der Waals surface area contributed by atoms with E-state index in [0.29, 0.717) is 6.42 Å². The molecule has 0 atom stereocenters. The smallest absolute Gasteiger partial charge is 0.305 e. The highest BCUT2D eigenvalue weighted by Crippen LogP contribution is 2.30. The molecule has 1 aliphatic rings. The van der Waals surface area contributed by atoms with Gasteiger partial charge in [-0.2, -0.15) is 0 Å². The molecule has 1 saturated carbocycles. The lowest BCUT2D eigenvalue weighted by Crippen LogP contribution is -1.97. The van der Waals surface area contributed by atoms with Crippen LogP contribution in [0, 0.1) is 5.92 Å². The van der Waals surface area contributed by atoms with Crippen LogP contribution in [0.3, 0.4) is 0 Å². The maximum Gasteiger partial charge on any atom is 0.305 e. The van der Waals surface area contributed by atoms with Gasteiger partial charge in [-0.3, -0.25) is 4.79 Å². The minimum atomic E-state index is -0.120. The molecule has 0 aliphatic heterocycles. The third-order valence-electron chi connectivity index (χ3n) is 1.77. The zero-order valence-corrected chi connectivity index (χ0v) is 6.88. The first-order valence-electron chi connectivity index (χ1n) is 4.06. The lowest BCUT2D eigenvalue weighted by Gasteiger charge is -1.93. The topological polar surface area (TPSA) is 26.3 Å². The summed E-state index contributed by atoms with van der Waals surface area (Å²) < 4.78 is 4.50. The molecule has 11 heavy (non-hydrogen) atoms. The van der Waals surface area contributed by atoms with Crippen molar-refractivity contribution >= 4 is 5.97 Å². The largest absolute Gasteiger partial charge is 0.469 e. The first-order chi connectivity index (χ1) is 5.33. The second kappa shape index (κ2) is 4.16. The molecule has 62 valence electrons. The summed E-state index contributed by atoms with van der Waals surface area (Å²) in [6.45, 7) is 0. The number of carbonyl (C=O) groups is 1. The summed E-state index contributed by atoms with van der Waals surface area (Å²) in [5.41, 5.74) is 0. The molecule has 0 unspecified atom stereocenters. The fraction of sp³-hybridized carbons (Fsp3) is 0.667. The molecular weight excluding hydrogens is 140 g/mol. The van der Waals surface area contributed by atoms with Gasteiger partial charge in [-0.05, 0) is 25.2 Å². The average molecular weight is 154 g/mol. The van der Waals surface area contributed by atoms with Gasteiger partial charge < -0.3 is 4.74 Å². The molecule has 0 heterocycles. The molecule has 1 aliphatic carbocycles. The number of hydrogen-bond donors (Lipinski definition) is 0. The van der Waals surface area contributed by atoms with Crippen LogP contribution in [-0.4, -0.2) is 13.1 Å².